The van der Waals surface area contributed by atoms with Gasteiger partial charge in [0.1, 0.15) is 5.54 Å². The van der Waals surface area contributed by atoms with Gasteiger partial charge in [0.25, 0.3) is 0 Å². The second-order valence-corrected chi connectivity index (χ2v) is 5.86. The number of carbonyl (C=O) groups excluding carboxylic acids is 1. The third kappa shape index (κ3) is 3.43. The van der Waals surface area contributed by atoms with Crippen molar-refractivity contribution in [1.29, 1.82) is 0 Å². The summed E-state index contributed by atoms with van der Waals surface area (Å²) in [6, 6.07) is 0. The van der Waals surface area contributed by atoms with Crippen LogP contribution in [0, 0.1) is 11.8 Å². The minimum absolute atomic E-state index is 0.0410. The Kier molecular flexibility index (Phi) is 4.71. The van der Waals surface area contributed by atoms with Gasteiger partial charge < -0.3 is 10.0 Å². The first-order valence-electron chi connectivity index (χ1n) is 6.55. The van der Waals surface area contributed by atoms with E-state index in [1.54, 1.807) is 0 Å². The van der Waals surface area contributed by atoms with Crippen molar-refractivity contribution in [2.75, 3.05) is 7.05 Å². The zero-order valence-corrected chi connectivity index (χ0v) is 11.8. The van der Waals surface area contributed by atoms with Crippen molar-refractivity contribution < 1.29 is 27.9 Å². The minimum atomic E-state index is -4.29. The van der Waals surface area contributed by atoms with Crippen molar-refractivity contribution in [2.45, 2.75) is 51.2 Å². The quantitative estimate of drug-likeness (QED) is 0.871. The number of carbonyl (C=O) groups is 2. The van der Waals surface area contributed by atoms with Crippen LogP contribution in [0.4, 0.5) is 13.2 Å². The normalized spacial score (nSPS) is 24.3. The Bertz CT molecular complexity index is 393. The number of halogens is 3. The third-order valence-electron chi connectivity index (χ3n) is 4.18. The summed E-state index contributed by atoms with van der Waals surface area (Å²) in [7, 11) is 1.33. The summed E-state index contributed by atoms with van der Waals surface area (Å²) in [5, 5.41) is 9.07. The van der Waals surface area contributed by atoms with Crippen LogP contribution in [0.15, 0.2) is 0 Å². The summed E-state index contributed by atoms with van der Waals surface area (Å²) in [6.07, 6.45) is -3.78. The van der Waals surface area contributed by atoms with Crippen molar-refractivity contribution in [3.63, 3.8) is 0 Å². The molecule has 0 aromatic rings. The van der Waals surface area contributed by atoms with Crippen LogP contribution in [0.1, 0.15) is 39.5 Å². The number of alkyl halides is 3. The Morgan fingerprint density at radius 2 is 1.75 bits per heavy atom. The van der Waals surface area contributed by atoms with Gasteiger partial charge in [0.2, 0.25) is 5.91 Å². The highest BCUT2D eigenvalue weighted by atomic mass is 19.4. The lowest BCUT2D eigenvalue weighted by Gasteiger charge is -2.37. The zero-order valence-electron chi connectivity index (χ0n) is 11.8. The molecule has 2 atom stereocenters. The standard InChI is InChI=1S/C13H20F3NO3/c1-12(2,11(19)20)17(3)10(18)8-5-4-6-9(7-8)13(14,15)16/h8-9H,4-7H2,1-3H3,(H,19,20). The van der Waals surface area contributed by atoms with Crippen LogP contribution in [0.3, 0.4) is 0 Å². The fourth-order valence-corrected chi connectivity index (χ4v) is 2.40. The lowest BCUT2D eigenvalue weighted by atomic mass is 9.80. The molecular formula is C13H20F3NO3. The molecule has 0 saturated heterocycles. The fourth-order valence-electron chi connectivity index (χ4n) is 2.40. The van der Waals surface area contributed by atoms with E-state index in [2.05, 4.69) is 0 Å². The Labute approximate surface area is 115 Å². The van der Waals surface area contributed by atoms with Crippen molar-refractivity contribution in [3.05, 3.63) is 0 Å². The molecule has 1 aliphatic rings. The molecule has 1 aliphatic carbocycles. The Hall–Kier alpha value is -1.27. The molecular weight excluding hydrogens is 275 g/mol. The third-order valence-corrected chi connectivity index (χ3v) is 4.18. The molecule has 116 valence electrons. The molecule has 0 bridgehead atoms. The predicted molar refractivity (Wildman–Crippen MR) is 66.0 cm³/mol. The van der Waals surface area contributed by atoms with Crippen LogP contribution in [-0.2, 0) is 9.59 Å². The van der Waals surface area contributed by atoms with Gasteiger partial charge in [0, 0.05) is 13.0 Å². The molecule has 1 rings (SSSR count). The smallest absolute Gasteiger partial charge is 0.391 e. The van der Waals surface area contributed by atoms with E-state index in [0.29, 0.717) is 12.8 Å². The van der Waals surface area contributed by atoms with Crippen LogP contribution in [0.25, 0.3) is 0 Å². The second kappa shape index (κ2) is 5.61. The molecule has 2 unspecified atom stereocenters. The van der Waals surface area contributed by atoms with Gasteiger partial charge in [0.05, 0.1) is 5.92 Å². The molecule has 1 fully saturated rings. The van der Waals surface area contributed by atoms with E-state index in [4.69, 9.17) is 5.11 Å². The average molecular weight is 295 g/mol. The van der Waals surface area contributed by atoms with Crippen LogP contribution < -0.4 is 0 Å². The van der Waals surface area contributed by atoms with E-state index >= 15 is 0 Å². The van der Waals surface area contributed by atoms with Crippen LogP contribution in [0.5, 0.6) is 0 Å². The minimum Gasteiger partial charge on any atom is -0.480 e. The summed E-state index contributed by atoms with van der Waals surface area (Å²) < 4.78 is 38.2. The monoisotopic (exact) mass is 295 g/mol. The van der Waals surface area contributed by atoms with Crippen LogP contribution >= 0.6 is 0 Å². The van der Waals surface area contributed by atoms with E-state index < -0.39 is 35.4 Å². The molecule has 0 spiro atoms. The van der Waals surface area contributed by atoms with E-state index in [1.165, 1.54) is 20.9 Å². The lowest BCUT2D eigenvalue weighted by Crippen LogP contribution is -2.53. The van der Waals surface area contributed by atoms with E-state index in [-0.39, 0.29) is 12.8 Å². The zero-order chi connectivity index (χ0) is 15.7. The Morgan fingerprint density at radius 1 is 1.20 bits per heavy atom. The van der Waals surface area contributed by atoms with Crippen molar-refractivity contribution >= 4 is 11.9 Å². The second-order valence-electron chi connectivity index (χ2n) is 5.86. The van der Waals surface area contributed by atoms with E-state index in [9.17, 15) is 22.8 Å². The first-order chi connectivity index (χ1) is 8.98. The fraction of sp³-hybridized carbons (Fsp3) is 0.846. The van der Waals surface area contributed by atoms with Gasteiger partial charge in [0.15, 0.2) is 0 Å². The SMILES string of the molecule is CN(C(=O)C1CCCC(C(F)(F)F)C1)C(C)(C)C(=O)O. The van der Waals surface area contributed by atoms with E-state index in [1.807, 2.05) is 0 Å². The lowest BCUT2D eigenvalue weighted by molar-refractivity contribution is -0.188. The number of aliphatic carboxylic acids is 1. The largest absolute Gasteiger partial charge is 0.480 e. The van der Waals surface area contributed by atoms with Gasteiger partial charge in [-0.05, 0) is 33.1 Å². The molecule has 1 amide bonds. The van der Waals surface area contributed by atoms with Gasteiger partial charge in [-0.25, -0.2) is 4.79 Å². The van der Waals surface area contributed by atoms with Crippen molar-refractivity contribution in [2.24, 2.45) is 11.8 Å². The maximum absolute atomic E-state index is 12.7. The molecule has 0 aromatic carbocycles. The molecule has 0 heterocycles. The number of rotatable bonds is 3. The molecule has 0 radical (unpaired) electrons. The average Bonchev–Trinajstić information content (AvgIpc) is 2.35. The maximum Gasteiger partial charge on any atom is 0.391 e. The summed E-state index contributed by atoms with van der Waals surface area (Å²) in [4.78, 5) is 24.4. The highest BCUT2D eigenvalue weighted by molar-refractivity contribution is 5.87. The first-order valence-corrected chi connectivity index (χ1v) is 6.55. The predicted octanol–water partition coefficient (Wildman–Crippen LogP) is 2.68. The summed E-state index contributed by atoms with van der Waals surface area (Å²) in [6.45, 7) is 2.72. The van der Waals surface area contributed by atoms with Crippen LogP contribution in [-0.4, -0.2) is 40.6 Å². The molecule has 0 aromatic heterocycles. The first kappa shape index (κ1) is 16.8. The van der Waals surface area contributed by atoms with Gasteiger partial charge in [-0.15, -0.1) is 0 Å². The number of hydrogen-bond donors (Lipinski definition) is 1. The molecule has 1 saturated carbocycles. The van der Waals surface area contributed by atoms with Gasteiger partial charge >= 0.3 is 12.1 Å². The van der Waals surface area contributed by atoms with E-state index in [0.717, 1.165) is 4.90 Å². The summed E-state index contributed by atoms with van der Waals surface area (Å²) in [5.74, 6) is -3.92. The number of carboxylic acid groups (broad SMARTS) is 1. The number of carboxylic acids is 1. The Balaban J connectivity index is 2.80. The maximum atomic E-state index is 12.7. The van der Waals surface area contributed by atoms with Gasteiger partial charge in [-0.3, -0.25) is 4.79 Å². The van der Waals surface area contributed by atoms with Gasteiger partial charge in [-0.1, -0.05) is 6.42 Å². The topological polar surface area (TPSA) is 57.6 Å². The molecule has 7 heteroatoms. The molecule has 1 N–H and O–H groups in total. The number of likely N-dealkylation sites (N-methyl/N-ethyl adjacent to an activating group) is 1. The van der Waals surface area contributed by atoms with Crippen LogP contribution in [0.2, 0.25) is 0 Å². The highest BCUT2D eigenvalue weighted by Gasteiger charge is 2.45. The molecule has 4 nitrogen and oxygen atoms in total. The highest BCUT2D eigenvalue weighted by Crippen LogP contribution is 2.40. The Morgan fingerprint density at radius 3 is 2.20 bits per heavy atom. The number of nitrogens with zero attached hydrogens (tertiary/aromatic N) is 1. The van der Waals surface area contributed by atoms with Crippen molar-refractivity contribution in [3.8, 4) is 0 Å². The molecule has 20 heavy (non-hydrogen) atoms. The number of hydrogen-bond acceptors (Lipinski definition) is 2. The summed E-state index contributed by atoms with van der Waals surface area (Å²) in [5.41, 5.74) is -1.43. The van der Waals surface area contributed by atoms with Gasteiger partial charge in [-0.2, -0.15) is 13.2 Å². The van der Waals surface area contributed by atoms with Crippen molar-refractivity contribution in [1.82, 2.24) is 4.90 Å². The number of amides is 1. The summed E-state index contributed by atoms with van der Waals surface area (Å²) >= 11 is 0. The molecule has 0 aliphatic heterocycles.